The number of nitrogens with zero attached hydrogens (tertiary/aromatic N) is 2. The molecule has 1 atom stereocenters. The van der Waals surface area contributed by atoms with Gasteiger partial charge in [-0.3, -0.25) is 0 Å². The van der Waals surface area contributed by atoms with E-state index in [9.17, 15) is 0 Å². The third-order valence-electron chi connectivity index (χ3n) is 3.45. The summed E-state index contributed by atoms with van der Waals surface area (Å²) < 4.78 is 7.60. The van der Waals surface area contributed by atoms with Gasteiger partial charge in [0, 0.05) is 13.0 Å². The van der Waals surface area contributed by atoms with Gasteiger partial charge in [-0.2, -0.15) is 0 Å². The lowest BCUT2D eigenvalue weighted by Gasteiger charge is -2.09. The van der Waals surface area contributed by atoms with Gasteiger partial charge in [0.2, 0.25) is 0 Å². The van der Waals surface area contributed by atoms with E-state index in [1.54, 1.807) is 6.26 Å². The van der Waals surface area contributed by atoms with Crippen LogP contribution >= 0.6 is 11.6 Å². The molecule has 0 N–H and O–H groups in total. The van der Waals surface area contributed by atoms with Crippen molar-refractivity contribution in [1.29, 1.82) is 0 Å². The molecule has 0 saturated heterocycles. The first-order valence-electron chi connectivity index (χ1n) is 6.78. The lowest BCUT2D eigenvalue weighted by molar-refractivity contribution is 0.490. The van der Waals surface area contributed by atoms with Crippen LogP contribution in [0.5, 0.6) is 0 Å². The summed E-state index contributed by atoms with van der Waals surface area (Å²) in [6.45, 7) is 4.87. The fourth-order valence-electron chi connectivity index (χ4n) is 2.47. The van der Waals surface area contributed by atoms with Crippen molar-refractivity contribution in [2.75, 3.05) is 0 Å². The highest BCUT2D eigenvalue weighted by Crippen LogP contribution is 2.25. The average Bonchev–Trinajstić information content (AvgIpc) is 3.03. The zero-order valence-electron chi connectivity index (χ0n) is 11.6. The molecule has 0 aliphatic rings. The summed E-state index contributed by atoms with van der Waals surface area (Å²) in [6.07, 6.45) is 2.54. The van der Waals surface area contributed by atoms with E-state index in [1.165, 1.54) is 5.56 Å². The Kier molecular flexibility index (Phi) is 3.53. The number of imidazole rings is 1. The van der Waals surface area contributed by atoms with Crippen LogP contribution in [0.4, 0.5) is 0 Å². The maximum Gasteiger partial charge on any atom is 0.127 e. The Hall–Kier alpha value is -1.74. The minimum Gasteiger partial charge on any atom is -0.469 e. The number of benzene rings is 1. The first kappa shape index (κ1) is 13.3. The molecule has 1 aromatic carbocycles. The number of hydrogen-bond acceptors (Lipinski definition) is 2. The van der Waals surface area contributed by atoms with Crippen LogP contribution in [0, 0.1) is 6.92 Å². The Labute approximate surface area is 123 Å². The monoisotopic (exact) mass is 288 g/mol. The molecule has 104 valence electrons. The van der Waals surface area contributed by atoms with Crippen LogP contribution in [-0.4, -0.2) is 9.55 Å². The first-order valence-corrected chi connectivity index (χ1v) is 7.22. The number of halogens is 1. The number of fused-ring (bicyclic) bond motifs is 1. The summed E-state index contributed by atoms with van der Waals surface area (Å²) in [7, 11) is 0. The molecular formula is C16H17ClN2O. The first-order chi connectivity index (χ1) is 9.65. The second-order valence-corrected chi connectivity index (χ2v) is 5.71. The second kappa shape index (κ2) is 5.33. The summed E-state index contributed by atoms with van der Waals surface area (Å²) in [5.74, 6) is 1.89. The van der Waals surface area contributed by atoms with E-state index in [-0.39, 0.29) is 5.38 Å². The minimum absolute atomic E-state index is 0.112. The molecule has 0 fully saturated rings. The number of rotatable bonds is 4. The van der Waals surface area contributed by atoms with Gasteiger partial charge >= 0.3 is 0 Å². The Morgan fingerprint density at radius 2 is 2.20 bits per heavy atom. The van der Waals surface area contributed by atoms with Gasteiger partial charge in [-0.15, -0.1) is 11.6 Å². The Bertz CT molecular complexity index is 713. The molecule has 0 aliphatic carbocycles. The summed E-state index contributed by atoms with van der Waals surface area (Å²) in [5.41, 5.74) is 3.36. The van der Waals surface area contributed by atoms with Gasteiger partial charge in [0.15, 0.2) is 0 Å². The van der Waals surface area contributed by atoms with Gasteiger partial charge in [-0.1, -0.05) is 6.07 Å². The summed E-state index contributed by atoms with van der Waals surface area (Å²) in [6, 6.07) is 10.2. The molecule has 20 heavy (non-hydrogen) atoms. The largest absolute Gasteiger partial charge is 0.469 e. The zero-order valence-corrected chi connectivity index (χ0v) is 12.4. The third kappa shape index (κ3) is 2.46. The SMILES string of the molecule is Cc1ccc2nc(C(C)Cl)n(CCc3ccco3)c2c1. The molecule has 3 nitrogen and oxygen atoms in total. The molecule has 0 spiro atoms. The molecule has 3 aromatic rings. The van der Waals surface area contributed by atoms with Gasteiger partial charge in [0.25, 0.3) is 0 Å². The van der Waals surface area contributed by atoms with Crippen LogP contribution in [-0.2, 0) is 13.0 Å². The van der Waals surface area contributed by atoms with Crippen molar-refractivity contribution in [3.05, 3.63) is 53.7 Å². The van der Waals surface area contributed by atoms with E-state index in [1.807, 2.05) is 19.1 Å². The Morgan fingerprint density at radius 1 is 1.35 bits per heavy atom. The fourth-order valence-corrected chi connectivity index (χ4v) is 2.63. The summed E-state index contributed by atoms with van der Waals surface area (Å²) in [5, 5.41) is -0.112. The maximum absolute atomic E-state index is 6.27. The van der Waals surface area contributed by atoms with E-state index in [0.29, 0.717) is 0 Å². The van der Waals surface area contributed by atoms with Crippen molar-refractivity contribution in [2.45, 2.75) is 32.2 Å². The number of furan rings is 1. The molecule has 1 unspecified atom stereocenters. The average molecular weight is 289 g/mol. The van der Waals surface area contributed by atoms with Gasteiger partial charge in [-0.05, 0) is 43.7 Å². The van der Waals surface area contributed by atoms with Crippen molar-refractivity contribution in [2.24, 2.45) is 0 Å². The summed E-state index contributed by atoms with van der Waals surface area (Å²) in [4.78, 5) is 4.65. The second-order valence-electron chi connectivity index (χ2n) is 5.06. The van der Waals surface area contributed by atoms with Crippen molar-refractivity contribution < 1.29 is 4.42 Å². The van der Waals surface area contributed by atoms with E-state index in [4.69, 9.17) is 16.0 Å². The summed E-state index contributed by atoms with van der Waals surface area (Å²) >= 11 is 6.27. The molecular weight excluding hydrogens is 272 g/mol. The molecule has 3 rings (SSSR count). The van der Waals surface area contributed by atoms with Crippen LogP contribution < -0.4 is 0 Å². The highest BCUT2D eigenvalue weighted by atomic mass is 35.5. The molecule has 0 amide bonds. The van der Waals surface area contributed by atoms with Crippen LogP contribution in [0.1, 0.15) is 29.4 Å². The van der Waals surface area contributed by atoms with E-state index < -0.39 is 0 Å². The normalized spacial score (nSPS) is 12.9. The highest BCUT2D eigenvalue weighted by Gasteiger charge is 2.15. The number of hydrogen-bond donors (Lipinski definition) is 0. The lowest BCUT2D eigenvalue weighted by Crippen LogP contribution is -2.06. The topological polar surface area (TPSA) is 31.0 Å². The predicted molar refractivity (Wildman–Crippen MR) is 81.2 cm³/mol. The Morgan fingerprint density at radius 3 is 2.90 bits per heavy atom. The van der Waals surface area contributed by atoms with Gasteiger partial charge in [-0.25, -0.2) is 4.98 Å². The predicted octanol–water partition coefficient (Wildman–Crippen LogP) is 4.48. The molecule has 0 aliphatic heterocycles. The van der Waals surface area contributed by atoms with Gasteiger partial charge < -0.3 is 8.98 Å². The number of aryl methyl sites for hydroxylation is 3. The van der Waals surface area contributed by atoms with Crippen molar-refractivity contribution in [1.82, 2.24) is 9.55 Å². The number of alkyl halides is 1. The fraction of sp³-hybridized carbons (Fsp3) is 0.312. The molecule has 4 heteroatoms. The van der Waals surface area contributed by atoms with Crippen molar-refractivity contribution in [3.63, 3.8) is 0 Å². The maximum atomic E-state index is 6.27. The molecule has 0 saturated carbocycles. The van der Waals surface area contributed by atoms with Crippen LogP contribution in [0.15, 0.2) is 41.0 Å². The third-order valence-corrected chi connectivity index (χ3v) is 3.65. The zero-order chi connectivity index (χ0) is 14.1. The van der Waals surface area contributed by atoms with Crippen molar-refractivity contribution >= 4 is 22.6 Å². The highest BCUT2D eigenvalue weighted by molar-refractivity contribution is 6.20. The van der Waals surface area contributed by atoms with Crippen LogP contribution in [0.2, 0.25) is 0 Å². The standard InChI is InChI=1S/C16H17ClN2O/c1-11-5-6-14-15(10-11)19(16(18-14)12(2)17)8-7-13-4-3-9-20-13/h3-6,9-10,12H,7-8H2,1-2H3. The van der Waals surface area contributed by atoms with Gasteiger partial charge in [0.05, 0.1) is 22.7 Å². The van der Waals surface area contributed by atoms with E-state index >= 15 is 0 Å². The van der Waals surface area contributed by atoms with Crippen LogP contribution in [0.25, 0.3) is 11.0 Å². The van der Waals surface area contributed by atoms with Gasteiger partial charge in [0.1, 0.15) is 11.6 Å². The smallest absolute Gasteiger partial charge is 0.127 e. The molecule has 0 radical (unpaired) electrons. The minimum atomic E-state index is -0.112. The molecule has 2 heterocycles. The number of aromatic nitrogens is 2. The van der Waals surface area contributed by atoms with E-state index in [2.05, 4.69) is 34.7 Å². The molecule has 0 bridgehead atoms. The molecule has 2 aromatic heterocycles. The quantitative estimate of drug-likeness (QED) is 0.663. The van der Waals surface area contributed by atoms with Crippen LogP contribution in [0.3, 0.4) is 0 Å². The lowest BCUT2D eigenvalue weighted by atomic mass is 10.2. The Balaban J connectivity index is 2.01. The van der Waals surface area contributed by atoms with E-state index in [0.717, 1.165) is 35.6 Å². The van der Waals surface area contributed by atoms with Crippen molar-refractivity contribution in [3.8, 4) is 0 Å².